The molecule has 16 heteroatoms. The smallest absolute Gasteiger partial charge is 0.410 e. The van der Waals surface area contributed by atoms with Gasteiger partial charge in [0.2, 0.25) is 23.6 Å². The number of piperazine rings is 2. The van der Waals surface area contributed by atoms with E-state index in [-0.39, 0.29) is 61.1 Å². The van der Waals surface area contributed by atoms with E-state index in [1.165, 1.54) is 0 Å². The number of amides is 6. The summed E-state index contributed by atoms with van der Waals surface area (Å²) in [5, 5.41) is 5.81. The zero-order valence-electron chi connectivity index (χ0n) is 39.9. The number of nitrogens with one attached hydrogen (secondary N) is 2. The summed E-state index contributed by atoms with van der Waals surface area (Å²) in [4.78, 5) is 83.9. The van der Waals surface area contributed by atoms with Gasteiger partial charge in [0, 0.05) is 64.4 Å². The summed E-state index contributed by atoms with van der Waals surface area (Å²) >= 11 is 0. The lowest BCUT2D eigenvalue weighted by atomic mass is 9.82. The van der Waals surface area contributed by atoms with Crippen LogP contribution in [0.25, 0.3) is 0 Å². The number of carbonyl (C=O) groups is 6. The highest BCUT2D eigenvalue weighted by Gasteiger charge is 2.40. The summed E-state index contributed by atoms with van der Waals surface area (Å²) in [5.74, 6) is -1.84. The van der Waals surface area contributed by atoms with E-state index in [4.69, 9.17) is 20.9 Å². The van der Waals surface area contributed by atoms with Crippen molar-refractivity contribution >= 4 is 35.8 Å². The van der Waals surface area contributed by atoms with Crippen LogP contribution in [0.5, 0.6) is 0 Å². The molecule has 372 valence electrons. The first-order valence-electron chi connectivity index (χ1n) is 24.7. The summed E-state index contributed by atoms with van der Waals surface area (Å²) in [6, 6.07) is 35.9. The van der Waals surface area contributed by atoms with Crippen molar-refractivity contribution in [3.63, 3.8) is 0 Å². The van der Waals surface area contributed by atoms with Crippen LogP contribution in [-0.4, -0.2) is 120 Å². The molecular weight excluding hydrogens is 889 g/mol. The number of benzene rings is 4. The van der Waals surface area contributed by atoms with Crippen LogP contribution in [0.1, 0.15) is 85.7 Å². The monoisotopic (exact) mass is 957 g/mol. The summed E-state index contributed by atoms with van der Waals surface area (Å²) in [6.07, 6.45) is 6.85. The summed E-state index contributed by atoms with van der Waals surface area (Å²) in [6.45, 7) is 5.51. The van der Waals surface area contributed by atoms with Gasteiger partial charge in [-0.25, -0.2) is 9.59 Å². The first kappa shape index (κ1) is 51.1. The molecule has 4 aromatic carbocycles. The second-order valence-corrected chi connectivity index (χ2v) is 18.6. The van der Waals surface area contributed by atoms with Gasteiger partial charge in [0.15, 0.2) is 0 Å². The molecule has 6 atom stereocenters. The van der Waals surface area contributed by atoms with Crippen LogP contribution in [0, 0.1) is 11.8 Å². The van der Waals surface area contributed by atoms with E-state index in [0.717, 1.165) is 62.5 Å². The standard InChI is InChI=1S/2C27H34N4O4/c2*28-25(32)24(21-11-5-2-6-12-21)29-26(33)22-13-7-8-14-23(22)30-15-17-31(18-16-30)27(34)35-19-20-9-3-1-4-10-20/h2*1-6,9-12,22-24H,7-8,13-19H2,(H2,28,32)(H,29,33)/t22-,23-,24+;22-,23-,24-/m10/s1. The lowest BCUT2D eigenvalue weighted by Gasteiger charge is -2.43. The molecule has 0 bridgehead atoms. The van der Waals surface area contributed by atoms with Gasteiger partial charge in [-0.15, -0.1) is 0 Å². The first-order chi connectivity index (χ1) is 34.0. The Morgan fingerprint density at radius 2 is 0.771 bits per heavy atom. The van der Waals surface area contributed by atoms with Crippen LogP contribution in [0.4, 0.5) is 9.59 Å². The van der Waals surface area contributed by atoms with Gasteiger partial charge < -0.3 is 41.4 Å². The van der Waals surface area contributed by atoms with Gasteiger partial charge in [0.25, 0.3) is 0 Å². The Bertz CT molecular complexity index is 2150. The van der Waals surface area contributed by atoms with Gasteiger partial charge in [-0.2, -0.15) is 0 Å². The van der Waals surface area contributed by atoms with Crippen molar-refractivity contribution in [1.82, 2.24) is 30.2 Å². The molecule has 16 nitrogen and oxygen atoms in total. The van der Waals surface area contributed by atoms with Crippen LogP contribution in [0.2, 0.25) is 0 Å². The Morgan fingerprint density at radius 1 is 0.457 bits per heavy atom. The molecule has 4 aromatic rings. The Hall–Kier alpha value is -6.78. The molecule has 0 unspecified atom stereocenters. The average molecular weight is 957 g/mol. The lowest BCUT2D eigenvalue weighted by molar-refractivity contribution is -0.133. The van der Waals surface area contributed by atoms with E-state index in [2.05, 4.69) is 20.4 Å². The maximum Gasteiger partial charge on any atom is 0.410 e. The Labute approximate surface area is 411 Å². The van der Waals surface area contributed by atoms with E-state index in [1.54, 1.807) is 34.1 Å². The van der Waals surface area contributed by atoms with Gasteiger partial charge in [-0.3, -0.25) is 29.0 Å². The minimum Gasteiger partial charge on any atom is -0.445 e. The molecule has 70 heavy (non-hydrogen) atoms. The number of ether oxygens (including phenoxy) is 2. The molecule has 4 fully saturated rings. The number of hydrogen-bond acceptors (Lipinski definition) is 10. The summed E-state index contributed by atoms with van der Waals surface area (Å²) in [5.41, 5.74) is 14.5. The number of nitrogens with two attached hydrogens (primary N) is 2. The van der Waals surface area contributed by atoms with E-state index in [1.807, 2.05) is 97.1 Å². The summed E-state index contributed by atoms with van der Waals surface area (Å²) < 4.78 is 11.0. The normalized spacial score (nSPS) is 21.7. The lowest BCUT2D eigenvalue weighted by Crippen LogP contribution is -2.56. The predicted molar refractivity (Wildman–Crippen MR) is 264 cm³/mol. The highest BCUT2D eigenvalue weighted by atomic mass is 16.6. The second kappa shape index (κ2) is 25.7. The molecule has 2 heterocycles. The molecule has 0 spiro atoms. The van der Waals surface area contributed by atoms with Crippen LogP contribution >= 0.6 is 0 Å². The number of rotatable bonds is 14. The topological polar surface area (TPSA) is 210 Å². The highest BCUT2D eigenvalue weighted by Crippen LogP contribution is 2.32. The number of hydrogen-bond donors (Lipinski definition) is 4. The van der Waals surface area contributed by atoms with Gasteiger partial charge in [-0.05, 0) is 47.9 Å². The second-order valence-electron chi connectivity index (χ2n) is 18.6. The zero-order chi connectivity index (χ0) is 49.2. The maximum atomic E-state index is 13.3. The van der Waals surface area contributed by atoms with Gasteiger partial charge >= 0.3 is 12.2 Å². The molecule has 0 aromatic heterocycles. The minimum atomic E-state index is -0.845. The maximum absolute atomic E-state index is 13.3. The Kier molecular flexibility index (Phi) is 18.8. The van der Waals surface area contributed by atoms with Crippen molar-refractivity contribution in [3.8, 4) is 0 Å². The fourth-order valence-electron chi connectivity index (χ4n) is 10.2. The van der Waals surface area contributed by atoms with Crippen molar-refractivity contribution in [2.24, 2.45) is 23.3 Å². The van der Waals surface area contributed by atoms with Crippen LogP contribution in [0.15, 0.2) is 121 Å². The fourth-order valence-corrected chi connectivity index (χ4v) is 10.2. The van der Waals surface area contributed by atoms with Crippen molar-refractivity contribution < 1.29 is 38.2 Å². The Balaban J connectivity index is 0.000000206. The third-order valence-electron chi connectivity index (χ3n) is 14.0. The minimum absolute atomic E-state index is 0.0792. The molecular formula is C54H68N8O8. The molecule has 2 saturated carbocycles. The third kappa shape index (κ3) is 14.2. The summed E-state index contributed by atoms with van der Waals surface area (Å²) in [7, 11) is 0. The largest absolute Gasteiger partial charge is 0.445 e. The van der Waals surface area contributed by atoms with E-state index in [0.29, 0.717) is 63.5 Å². The molecule has 6 amide bonds. The molecule has 2 aliphatic heterocycles. The Morgan fingerprint density at radius 3 is 1.10 bits per heavy atom. The molecule has 0 radical (unpaired) electrons. The quantitative estimate of drug-likeness (QED) is 0.121. The molecule has 6 N–H and O–H groups in total. The average Bonchev–Trinajstić information content (AvgIpc) is 3.41. The third-order valence-corrected chi connectivity index (χ3v) is 14.0. The van der Waals surface area contributed by atoms with Crippen LogP contribution < -0.4 is 22.1 Å². The number of primary amides is 2. The van der Waals surface area contributed by atoms with Crippen molar-refractivity contribution in [3.05, 3.63) is 144 Å². The van der Waals surface area contributed by atoms with E-state index < -0.39 is 23.9 Å². The SMILES string of the molecule is NC(=O)[C@@H](NC(=O)[C@@H]1CCCC[C@H]1N1CCN(C(=O)OCc2ccccc2)CC1)c1ccccc1.NC(=O)[C@@H](NC(=O)[C@H]1CCCC[C@@H]1N1CCN(C(=O)OCc2ccccc2)CC1)c1ccccc1. The zero-order valence-corrected chi connectivity index (χ0v) is 39.9. The van der Waals surface area contributed by atoms with Gasteiger partial charge in [0.05, 0.1) is 11.8 Å². The van der Waals surface area contributed by atoms with Gasteiger partial charge in [-0.1, -0.05) is 147 Å². The van der Waals surface area contributed by atoms with Crippen molar-refractivity contribution in [1.29, 1.82) is 0 Å². The van der Waals surface area contributed by atoms with E-state index in [9.17, 15) is 28.8 Å². The number of nitrogens with zero attached hydrogens (tertiary/aromatic N) is 4. The van der Waals surface area contributed by atoms with Crippen LogP contribution in [0.3, 0.4) is 0 Å². The highest BCUT2D eigenvalue weighted by molar-refractivity contribution is 5.89. The van der Waals surface area contributed by atoms with Crippen molar-refractivity contribution in [2.75, 3.05) is 52.4 Å². The first-order valence-corrected chi connectivity index (χ1v) is 24.7. The molecule has 2 saturated heterocycles. The predicted octanol–water partition coefficient (Wildman–Crippen LogP) is 5.68. The number of carbonyl (C=O) groups excluding carboxylic acids is 6. The van der Waals surface area contributed by atoms with Crippen LogP contribution in [-0.2, 0) is 41.9 Å². The van der Waals surface area contributed by atoms with Crippen molar-refractivity contribution in [2.45, 2.75) is 88.7 Å². The molecule has 2 aliphatic carbocycles. The molecule has 4 aliphatic rings. The fraction of sp³-hybridized carbons (Fsp3) is 0.444. The molecule has 8 rings (SSSR count). The van der Waals surface area contributed by atoms with Gasteiger partial charge in [0.1, 0.15) is 25.3 Å². The van der Waals surface area contributed by atoms with E-state index >= 15 is 0 Å².